The van der Waals surface area contributed by atoms with Crippen LogP contribution in [0.3, 0.4) is 0 Å². The molecule has 2 rings (SSSR count). The number of non-ortho nitro benzene ring substituents is 1. The van der Waals surface area contributed by atoms with Crippen molar-refractivity contribution in [1.82, 2.24) is 4.90 Å². The zero-order valence-corrected chi connectivity index (χ0v) is 12.5. The lowest BCUT2D eigenvalue weighted by Crippen LogP contribution is -2.35. The highest BCUT2D eigenvalue weighted by Gasteiger charge is 2.18. The van der Waals surface area contributed by atoms with Crippen molar-refractivity contribution in [2.45, 2.75) is 25.8 Å². The number of benzene rings is 1. The minimum absolute atomic E-state index is 0.102. The van der Waals surface area contributed by atoms with Crippen molar-refractivity contribution < 1.29 is 4.92 Å². The molecule has 0 radical (unpaired) electrons. The van der Waals surface area contributed by atoms with Gasteiger partial charge in [-0.3, -0.25) is 15.0 Å². The number of anilines is 1. The van der Waals surface area contributed by atoms with Crippen molar-refractivity contribution in [2.75, 3.05) is 25.0 Å². The fraction of sp³-hybridized carbons (Fsp3) is 0.538. The Labute approximate surface area is 121 Å². The second-order valence-corrected chi connectivity index (χ2v) is 5.75. The van der Waals surface area contributed by atoms with Crippen molar-refractivity contribution in [2.24, 2.45) is 0 Å². The van der Waals surface area contributed by atoms with Gasteiger partial charge in [0.15, 0.2) is 0 Å². The molecule has 1 atom stereocenters. The smallest absolute Gasteiger partial charge is 0.270 e. The summed E-state index contributed by atoms with van der Waals surface area (Å²) in [5.74, 6) is 0. The molecule has 0 bridgehead atoms. The van der Waals surface area contributed by atoms with E-state index in [1.165, 1.54) is 38.1 Å². The van der Waals surface area contributed by atoms with Crippen LogP contribution in [0.5, 0.6) is 0 Å². The molecule has 1 aliphatic heterocycles. The van der Waals surface area contributed by atoms with Gasteiger partial charge < -0.3 is 5.32 Å². The van der Waals surface area contributed by atoms with Crippen LogP contribution in [0.2, 0.25) is 0 Å². The maximum Gasteiger partial charge on any atom is 0.270 e. The first-order chi connectivity index (χ1) is 9.08. The summed E-state index contributed by atoms with van der Waals surface area (Å²) >= 11 is 3.37. The van der Waals surface area contributed by atoms with Gasteiger partial charge in [-0.25, -0.2) is 0 Å². The number of hydrogen-bond donors (Lipinski definition) is 1. The molecule has 1 aromatic carbocycles. The molecule has 1 N–H and O–H groups in total. The molecule has 5 nitrogen and oxygen atoms in total. The standard InChI is InChI=1S/C13H18BrN3O2/c1-10(16-6-2-3-7-16)9-15-13-5-4-11(17(18)19)8-12(13)14/h4-5,8,10,15H,2-3,6-7,9H2,1H3. The van der Waals surface area contributed by atoms with Gasteiger partial charge in [0.05, 0.1) is 4.92 Å². The number of likely N-dealkylation sites (tertiary alicyclic amines) is 1. The van der Waals surface area contributed by atoms with Gasteiger partial charge in [-0.05, 0) is 54.9 Å². The Morgan fingerprint density at radius 2 is 2.16 bits per heavy atom. The number of nitrogens with one attached hydrogen (secondary N) is 1. The van der Waals surface area contributed by atoms with Crippen LogP contribution in [0.1, 0.15) is 19.8 Å². The van der Waals surface area contributed by atoms with Crippen LogP contribution in [0.4, 0.5) is 11.4 Å². The van der Waals surface area contributed by atoms with Crippen LogP contribution in [0, 0.1) is 10.1 Å². The Balaban J connectivity index is 1.93. The topological polar surface area (TPSA) is 58.4 Å². The highest BCUT2D eigenvalue weighted by atomic mass is 79.9. The first-order valence-corrected chi connectivity index (χ1v) is 7.29. The molecule has 0 saturated carbocycles. The highest BCUT2D eigenvalue weighted by Crippen LogP contribution is 2.27. The van der Waals surface area contributed by atoms with E-state index < -0.39 is 0 Å². The van der Waals surface area contributed by atoms with Crippen LogP contribution in [-0.2, 0) is 0 Å². The fourth-order valence-electron chi connectivity index (χ4n) is 2.33. The van der Waals surface area contributed by atoms with E-state index in [4.69, 9.17) is 0 Å². The lowest BCUT2D eigenvalue weighted by molar-refractivity contribution is -0.384. The molecule has 1 aliphatic rings. The molecule has 19 heavy (non-hydrogen) atoms. The SMILES string of the molecule is CC(CNc1ccc([N+](=O)[O-])cc1Br)N1CCCC1. The van der Waals surface area contributed by atoms with Crippen molar-refractivity contribution in [1.29, 1.82) is 0 Å². The molecular formula is C13H18BrN3O2. The Morgan fingerprint density at radius 3 is 2.74 bits per heavy atom. The zero-order valence-electron chi connectivity index (χ0n) is 10.9. The molecular weight excluding hydrogens is 310 g/mol. The first kappa shape index (κ1) is 14.3. The number of halogens is 1. The van der Waals surface area contributed by atoms with E-state index in [1.807, 2.05) is 0 Å². The van der Waals surface area contributed by atoms with E-state index in [0.29, 0.717) is 6.04 Å². The Hall–Kier alpha value is -1.14. The molecule has 1 heterocycles. The predicted octanol–water partition coefficient (Wildman–Crippen LogP) is 3.25. The maximum atomic E-state index is 10.7. The zero-order chi connectivity index (χ0) is 13.8. The predicted molar refractivity (Wildman–Crippen MR) is 79.6 cm³/mol. The van der Waals surface area contributed by atoms with Gasteiger partial charge in [0.2, 0.25) is 0 Å². The molecule has 0 spiro atoms. The van der Waals surface area contributed by atoms with Gasteiger partial charge >= 0.3 is 0 Å². The van der Waals surface area contributed by atoms with Gasteiger partial charge in [-0.15, -0.1) is 0 Å². The van der Waals surface area contributed by atoms with Crippen molar-refractivity contribution in [3.8, 4) is 0 Å². The Kier molecular flexibility index (Phi) is 4.76. The molecule has 1 saturated heterocycles. The molecule has 104 valence electrons. The van der Waals surface area contributed by atoms with Crippen LogP contribution < -0.4 is 5.32 Å². The summed E-state index contributed by atoms with van der Waals surface area (Å²) in [6.07, 6.45) is 2.57. The molecule has 1 unspecified atom stereocenters. The van der Waals surface area contributed by atoms with Gasteiger partial charge in [-0.1, -0.05) is 0 Å². The lowest BCUT2D eigenvalue weighted by Gasteiger charge is -2.24. The van der Waals surface area contributed by atoms with E-state index >= 15 is 0 Å². The molecule has 0 aliphatic carbocycles. The van der Waals surface area contributed by atoms with Crippen LogP contribution in [0.25, 0.3) is 0 Å². The normalized spacial score (nSPS) is 17.4. The second kappa shape index (κ2) is 6.34. The first-order valence-electron chi connectivity index (χ1n) is 6.50. The van der Waals surface area contributed by atoms with E-state index in [-0.39, 0.29) is 10.6 Å². The van der Waals surface area contributed by atoms with Gasteiger partial charge in [0.25, 0.3) is 5.69 Å². The molecule has 0 aromatic heterocycles. The van der Waals surface area contributed by atoms with E-state index in [9.17, 15) is 10.1 Å². The van der Waals surface area contributed by atoms with Crippen LogP contribution in [-0.4, -0.2) is 35.5 Å². The average molecular weight is 328 g/mol. The van der Waals surface area contributed by atoms with Crippen molar-refractivity contribution >= 4 is 27.3 Å². The third-order valence-corrected chi connectivity index (χ3v) is 4.17. The van der Waals surface area contributed by atoms with Gasteiger partial charge in [0.1, 0.15) is 0 Å². The quantitative estimate of drug-likeness (QED) is 0.666. The van der Waals surface area contributed by atoms with Gasteiger partial charge in [0, 0.05) is 34.9 Å². The number of rotatable bonds is 5. The van der Waals surface area contributed by atoms with E-state index in [2.05, 4.69) is 33.1 Å². The number of nitrogens with zero attached hydrogens (tertiary/aromatic N) is 2. The minimum Gasteiger partial charge on any atom is -0.383 e. The largest absolute Gasteiger partial charge is 0.383 e. The monoisotopic (exact) mass is 327 g/mol. The lowest BCUT2D eigenvalue weighted by atomic mass is 10.2. The second-order valence-electron chi connectivity index (χ2n) is 4.89. The van der Waals surface area contributed by atoms with E-state index in [1.54, 1.807) is 6.07 Å². The summed E-state index contributed by atoms with van der Waals surface area (Å²) in [5.41, 5.74) is 1.00. The van der Waals surface area contributed by atoms with Gasteiger partial charge in [-0.2, -0.15) is 0 Å². The minimum atomic E-state index is -0.388. The number of nitro groups is 1. The average Bonchev–Trinajstić information content (AvgIpc) is 2.90. The summed E-state index contributed by atoms with van der Waals surface area (Å²) in [4.78, 5) is 12.7. The summed E-state index contributed by atoms with van der Waals surface area (Å²) in [6, 6.07) is 5.28. The van der Waals surface area contributed by atoms with Crippen molar-refractivity contribution in [3.63, 3.8) is 0 Å². The van der Waals surface area contributed by atoms with Crippen LogP contribution in [0.15, 0.2) is 22.7 Å². The Bertz CT molecular complexity index is 461. The highest BCUT2D eigenvalue weighted by molar-refractivity contribution is 9.10. The molecule has 6 heteroatoms. The summed E-state index contributed by atoms with van der Waals surface area (Å²) in [6.45, 7) is 5.39. The molecule has 0 amide bonds. The number of hydrogen-bond acceptors (Lipinski definition) is 4. The van der Waals surface area contributed by atoms with Crippen LogP contribution >= 0.6 is 15.9 Å². The summed E-state index contributed by atoms with van der Waals surface area (Å²) in [5, 5.41) is 14.0. The van der Waals surface area contributed by atoms with Crippen molar-refractivity contribution in [3.05, 3.63) is 32.8 Å². The summed E-state index contributed by atoms with van der Waals surface area (Å²) < 4.78 is 0.732. The maximum absolute atomic E-state index is 10.7. The molecule has 1 fully saturated rings. The third-order valence-electron chi connectivity index (χ3n) is 3.52. The Morgan fingerprint density at radius 1 is 1.47 bits per heavy atom. The molecule has 1 aromatic rings. The fourth-order valence-corrected chi connectivity index (χ4v) is 2.84. The van der Waals surface area contributed by atoms with E-state index in [0.717, 1.165) is 16.7 Å². The third kappa shape index (κ3) is 3.67. The number of nitro benzene ring substituents is 1. The summed E-state index contributed by atoms with van der Waals surface area (Å²) in [7, 11) is 0.